The van der Waals surface area contributed by atoms with Crippen LogP contribution in [0.4, 0.5) is 0 Å². The van der Waals surface area contributed by atoms with Crippen LogP contribution in [0, 0.1) is 0 Å². The number of aromatic amines is 1. The quantitative estimate of drug-likeness (QED) is 0.882. The van der Waals surface area contributed by atoms with E-state index < -0.39 is 0 Å². The summed E-state index contributed by atoms with van der Waals surface area (Å²) < 4.78 is 0. The molecule has 1 fully saturated rings. The summed E-state index contributed by atoms with van der Waals surface area (Å²) in [4.78, 5) is 28.4. The van der Waals surface area contributed by atoms with Crippen molar-refractivity contribution < 1.29 is 9.59 Å². The van der Waals surface area contributed by atoms with Gasteiger partial charge in [0, 0.05) is 24.3 Å². The lowest BCUT2D eigenvalue weighted by molar-refractivity contribution is 0.0608. The van der Waals surface area contributed by atoms with Gasteiger partial charge in [-0.3, -0.25) is 9.59 Å². The molecule has 114 valence electrons. The fourth-order valence-corrected chi connectivity index (χ4v) is 3.12. The number of rotatable bonds is 4. The molecule has 22 heavy (non-hydrogen) atoms. The van der Waals surface area contributed by atoms with Crippen LogP contribution in [-0.2, 0) is 6.42 Å². The first-order valence-corrected chi connectivity index (χ1v) is 7.76. The van der Waals surface area contributed by atoms with Crippen LogP contribution < -0.4 is 0 Å². The second kappa shape index (κ2) is 6.60. The maximum atomic E-state index is 12.7. The summed E-state index contributed by atoms with van der Waals surface area (Å²) in [5, 5.41) is 0. The van der Waals surface area contributed by atoms with Gasteiger partial charge in [0.15, 0.2) is 6.29 Å². The topological polar surface area (TPSA) is 53.2 Å². The Morgan fingerprint density at radius 1 is 1.27 bits per heavy atom. The van der Waals surface area contributed by atoms with Crippen molar-refractivity contribution in [2.45, 2.75) is 31.7 Å². The number of likely N-dealkylation sites (tertiary alicyclic amines) is 1. The Morgan fingerprint density at radius 3 is 2.82 bits per heavy atom. The number of hydrogen-bond acceptors (Lipinski definition) is 2. The van der Waals surface area contributed by atoms with Gasteiger partial charge in [0.2, 0.25) is 0 Å². The zero-order valence-electron chi connectivity index (χ0n) is 12.5. The van der Waals surface area contributed by atoms with E-state index in [0.717, 1.165) is 38.5 Å². The molecule has 1 aliphatic heterocycles. The second-order valence-electron chi connectivity index (χ2n) is 5.80. The van der Waals surface area contributed by atoms with E-state index in [1.165, 1.54) is 5.56 Å². The van der Waals surface area contributed by atoms with Gasteiger partial charge in [-0.05, 0) is 37.3 Å². The summed E-state index contributed by atoms with van der Waals surface area (Å²) in [6.45, 7) is 0.784. The Morgan fingerprint density at radius 2 is 2.09 bits per heavy atom. The minimum absolute atomic E-state index is 0.00580. The lowest BCUT2D eigenvalue weighted by Gasteiger charge is -2.35. The molecule has 0 saturated carbocycles. The molecular weight excluding hydrogens is 276 g/mol. The predicted molar refractivity (Wildman–Crippen MR) is 85.0 cm³/mol. The van der Waals surface area contributed by atoms with Gasteiger partial charge in [-0.25, -0.2) is 0 Å². The molecule has 2 aromatic rings. The normalized spacial score (nSPS) is 18.2. The number of H-pyrrole nitrogens is 1. The summed E-state index contributed by atoms with van der Waals surface area (Å²) in [5.41, 5.74) is 2.27. The second-order valence-corrected chi connectivity index (χ2v) is 5.80. The van der Waals surface area contributed by atoms with Crippen molar-refractivity contribution in [2.24, 2.45) is 0 Å². The summed E-state index contributed by atoms with van der Waals surface area (Å²) in [6, 6.07) is 12.1. The number of aromatic nitrogens is 1. The van der Waals surface area contributed by atoms with Crippen LogP contribution in [0.5, 0.6) is 0 Å². The van der Waals surface area contributed by atoms with Gasteiger partial charge >= 0.3 is 0 Å². The summed E-state index contributed by atoms with van der Waals surface area (Å²) in [7, 11) is 0. The summed E-state index contributed by atoms with van der Waals surface area (Å²) in [6.07, 6.45) is 6.45. The Kier molecular flexibility index (Phi) is 4.37. The predicted octanol–water partition coefficient (Wildman–Crippen LogP) is 3.06. The molecule has 4 heteroatoms. The molecule has 1 unspecified atom stereocenters. The molecule has 1 aliphatic rings. The number of nitrogens with zero attached hydrogens (tertiary/aromatic N) is 1. The lowest BCUT2D eigenvalue weighted by Crippen LogP contribution is -2.45. The minimum Gasteiger partial charge on any atom is -0.356 e. The highest BCUT2D eigenvalue weighted by Crippen LogP contribution is 2.22. The molecule has 0 aliphatic carbocycles. The SMILES string of the molecule is O=Cc1c[nH]c(C(=O)N2CCCCC2Cc2ccccc2)c1. The van der Waals surface area contributed by atoms with Crippen LogP contribution >= 0.6 is 0 Å². The first kappa shape index (κ1) is 14.6. The van der Waals surface area contributed by atoms with Crippen LogP contribution in [-0.4, -0.2) is 34.7 Å². The molecule has 1 aromatic heterocycles. The Bertz CT molecular complexity index is 648. The van der Waals surface area contributed by atoms with E-state index >= 15 is 0 Å². The number of nitrogens with one attached hydrogen (secondary N) is 1. The summed E-state index contributed by atoms with van der Waals surface area (Å²) in [5.74, 6) is -0.00580. The molecule has 1 amide bonds. The highest BCUT2D eigenvalue weighted by Gasteiger charge is 2.28. The van der Waals surface area contributed by atoms with Gasteiger partial charge in [-0.1, -0.05) is 30.3 Å². The number of amides is 1. The molecule has 2 heterocycles. The highest BCUT2D eigenvalue weighted by molar-refractivity contribution is 5.94. The van der Waals surface area contributed by atoms with Gasteiger partial charge in [0.05, 0.1) is 0 Å². The molecule has 1 saturated heterocycles. The van der Waals surface area contributed by atoms with Gasteiger partial charge in [-0.2, -0.15) is 0 Å². The zero-order chi connectivity index (χ0) is 15.4. The highest BCUT2D eigenvalue weighted by atomic mass is 16.2. The molecule has 3 rings (SSSR count). The largest absolute Gasteiger partial charge is 0.356 e. The lowest BCUT2D eigenvalue weighted by atomic mass is 9.95. The number of benzene rings is 1. The van der Waals surface area contributed by atoms with E-state index in [1.807, 2.05) is 23.1 Å². The number of piperidine rings is 1. The average molecular weight is 296 g/mol. The molecule has 1 N–H and O–H groups in total. The van der Waals surface area contributed by atoms with Crippen LogP contribution in [0.15, 0.2) is 42.6 Å². The van der Waals surface area contributed by atoms with Crippen molar-refractivity contribution in [1.82, 2.24) is 9.88 Å². The monoisotopic (exact) mass is 296 g/mol. The zero-order valence-corrected chi connectivity index (χ0v) is 12.5. The van der Waals surface area contributed by atoms with E-state index in [1.54, 1.807) is 12.3 Å². The molecule has 0 spiro atoms. The Balaban J connectivity index is 1.77. The molecule has 4 nitrogen and oxygen atoms in total. The van der Waals surface area contributed by atoms with Crippen molar-refractivity contribution in [3.8, 4) is 0 Å². The minimum atomic E-state index is -0.00580. The number of hydrogen-bond donors (Lipinski definition) is 1. The number of carbonyl (C=O) groups excluding carboxylic acids is 2. The Labute approximate surface area is 130 Å². The van der Waals surface area contributed by atoms with E-state index in [-0.39, 0.29) is 11.9 Å². The fraction of sp³-hybridized carbons (Fsp3) is 0.333. The van der Waals surface area contributed by atoms with Crippen molar-refractivity contribution in [3.63, 3.8) is 0 Å². The van der Waals surface area contributed by atoms with E-state index in [9.17, 15) is 9.59 Å². The third kappa shape index (κ3) is 3.11. The van der Waals surface area contributed by atoms with Crippen LogP contribution in [0.3, 0.4) is 0 Å². The van der Waals surface area contributed by atoms with Gasteiger partial charge < -0.3 is 9.88 Å². The number of aldehydes is 1. The maximum Gasteiger partial charge on any atom is 0.270 e. The first-order chi connectivity index (χ1) is 10.8. The van der Waals surface area contributed by atoms with E-state index in [2.05, 4.69) is 17.1 Å². The molecule has 1 aromatic carbocycles. The van der Waals surface area contributed by atoms with Gasteiger partial charge in [0.25, 0.3) is 5.91 Å². The van der Waals surface area contributed by atoms with Crippen molar-refractivity contribution in [2.75, 3.05) is 6.54 Å². The van der Waals surface area contributed by atoms with Crippen molar-refractivity contribution >= 4 is 12.2 Å². The van der Waals surface area contributed by atoms with Crippen molar-refractivity contribution in [3.05, 3.63) is 59.4 Å². The molecule has 0 radical (unpaired) electrons. The van der Waals surface area contributed by atoms with Crippen LogP contribution in [0.1, 0.15) is 45.7 Å². The van der Waals surface area contributed by atoms with Crippen molar-refractivity contribution in [1.29, 1.82) is 0 Å². The first-order valence-electron chi connectivity index (χ1n) is 7.76. The maximum absolute atomic E-state index is 12.7. The Hall–Kier alpha value is -2.36. The standard InChI is InChI=1S/C18H20N2O2/c21-13-15-11-17(19-12-15)18(22)20-9-5-4-8-16(20)10-14-6-2-1-3-7-14/h1-3,6-7,11-13,16,19H,4-5,8-10H2. The fourth-order valence-electron chi connectivity index (χ4n) is 3.12. The third-order valence-corrected chi connectivity index (χ3v) is 4.27. The number of carbonyl (C=O) groups is 2. The third-order valence-electron chi connectivity index (χ3n) is 4.27. The van der Waals surface area contributed by atoms with E-state index in [4.69, 9.17) is 0 Å². The van der Waals surface area contributed by atoms with Gasteiger partial charge in [0.1, 0.15) is 5.69 Å². The smallest absolute Gasteiger partial charge is 0.270 e. The van der Waals surface area contributed by atoms with E-state index in [0.29, 0.717) is 11.3 Å². The molecular formula is C18H20N2O2. The van der Waals surface area contributed by atoms with Crippen LogP contribution in [0.25, 0.3) is 0 Å². The average Bonchev–Trinajstić information content (AvgIpc) is 3.05. The van der Waals surface area contributed by atoms with Crippen LogP contribution in [0.2, 0.25) is 0 Å². The van der Waals surface area contributed by atoms with Gasteiger partial charge in [-0.15, -0.1) is 0 Å². The molecule has 0 bridgehead atoms. The summed E-state index contributed by atoms with van der Waals surface area (Å²) >= 11 is 0. The molecule has 1 atom stereocenters.